The molecule has 1 aromatic carbocycles. The van der Waals surface area contributed by atoms with Crippen LogP contribution in [0.3, 0.4) is 0 Å². The summed E-state index contributed by atoms with van der Waals surface area (Å²) in [6, 6.07) is 5.93. The minimum atomic E-state index is -0.248. The quantitative estimate of drug-likeness (QED) is 0.729. The highest BCUT2D eigenvalue weighted by molar-refractivity contribution is 5.89. The van der Waals surface area contributed by atoms with Crippen LogP contribution in [0, 0.1) is 13.8 Å². The normalized spacial score (nSPS) is 12.0. The monoisotopic (exact) mass is 329 g/mol. The van der Waals surface area contributed by atoms with E-state index < -0.39 is 0 Å². The zero-order valence-corrected chi connectivity index (χ0v) is 14.7. The van der Waals surface area contributed by atoms with Gasteiger partial charge in [-0.25, -0.2) is 9.48 Å². The molecule has 0 radical (unpaired) electrons. The molecular weight excluding hydrogens is 302 g/mol. The van der Waals surface area contributed by atoms with Crippen molar-refractivity contribution in [2.45, 2.75) is 46.1 Å². The van der Waals surface area contributed by atoms with Gasteiger partial charge in [-0.1, -0.05) is 37.5 Å². The van der Waals surface area contributed by atoms with E-state index >= 15 is 0 Å². The van der Waals surface area contributed by atoms with E-state index in [9.17, 15) is 4.79 Å². The fourth-order valence-corrected chi connectivity index (χ4v) is 2.63. The van der Waals surface area contributed by atoms with Gasteiger partial charge in [-0.15, -0.1) is 0 Å². The van der Waals surface area contributed by atoms with Crippen molar-refractivity contribution >= 4 is 11.7 Å². The first-order valence-electron chi connectivity index (χ1n) is 8.43. The van der Waals surface area contributed by atoms with Gasteiger partial charge in [0, 0.05) is 12.6 Å². The number of benzene rings is 1. The predicted octanol–water partition coefficient (Wildman–Crippen LogP) is 3.13. The van der Waals surface area contributed by atoms with Crippen molar-refractivity contribution in [1.82, 2.24) is 15.1 Å². The number of aryl methyl sites for hydroxylation is 2. The Hall–Kier alpha value is -2.34. The van der Waals surface area contributed by atoms with Crippen LogP contribution in [0.15, 0.2) is 30.6 Å². The topological polar surface area (TPSA) is 85.0 Å². The van der Waals surface area contributed by atoms with Crippen LogP contribution in [-0.4, -0.2) is 28.4 Å². The first kappa shape index (κ1) is 18.0. The van der Waals surface area contributed by atoms with Crippen molar-refractivity contribution in [3.05, 3.63) is 41.7 Å². The minimum Gasteiger partial charge on any atom is -0.334 e. The molecule has 0 spiro atoms. The molecule has 2 amide bonds. The number of nitrogens with two attached hydrogens (primary N) is 1. The largest absolute Gasteiger partial charge is 0.334 e. The van der Waals surface area contributed by atoms with E-state index in [-0.39, 0.29) is 12.1 Å². The second-order valence-electron chi connectivity index (χ2n) is 6.14. The number of rotatable bonds is 7. The van der Waals surface area contributed by atoms with Gasteiger partial charge in [-0.05, 0) is 31.9 Å². The van der Waals surface area contributed by atoms with Gasteiger partial charge < -0.3 is 16.4 Å². The summed E-state index contributed by atoms with van der Waals surface area (Å²) in [6.07, 6.45) is 6.47. The van der Waals surface area contributed by atoms with Gasteiger partial charge in [-0.2, -0.15) is 5.10 Å². The smallest absolute Gasteiger partial charge is 0.319 e. The van der Waals surface area contributed by atoms with Crippen LogP contribution in [0.1, 0.15) is 37.3 Å². The zero-order chi connectivity index (χ0) is 17.5. The number of urea groups is 1. The molecule has 2 aromatic rings. The van der Waals surface area contributed by atoms with E-state index in [0.29, 0.717) is 12.2 Å². The Labute approximate surface area is 143 Å². The molecule has 0 saturated heterocycles. The molecule has 6 nitrogen and oxygen atoms in total. The Balaban J connectivity index is 1.99. The average Bonchev–Trinajstić information content (AvgIpc) is 2.99. The number of carbonyl (C=O) groups excluding carboxylic acids is 1. The molecular formula is C18H27N5O. The zero-order valence-electron chi connectivity index (χ0n) is 14.7. The van der Waals surface area contributed by atoms with Crippen LogP contribution in [0.4, 0.5) is 10.5 Å². The predicted molar refractivity (Wildman–Crippen MR) is 97.6 cm³/mol. The molecule has 0 fully saturated rings. The Morgan fingerprint density at radius 3 is 2.83 bits per heavy atom. The van der Waals surface area contributed by atoms with Crippen molar-refractivity contribution in [3.63, 3.8) is 0 Å². The van der Waals surface area contributed by atoms with E-state index in [1.807, 2.05) is 19.1 Å². The molecule has 1 aromatic heterocycles. The van der Waals surface area contributed by atoms with Gasteiger partial charge >= 0.3 is 6.03 Å². The number of hydrogen-bond donors (Lipinski definition) is 3. The van der Waals surface area contributed by atoms with Crippen LogP contribution in [-0.2, 0) is 0 Å². The maximum absolute atomic E-state index is 12.1. The van der Waals surface area contributed by atoms with Gasteiger partial charge in [0.15, 0.2) is 0 Å². The second-order valence-corrected chi connectivity index (χ2v) is 6.14. The van der Waals surface area contributed by atoms with E-state index in [4.69, 9.17) is 5.73 Å². The minimum absolute atomic E-state index is 0.000613. The standard InChI is InChI=1S/C18H27N5O/c1-4-5-6-15(10-19)21-18(24)22-16-11-20-23(12-16)17-8-7-13(2)9-14(17)3/h7-9,11-12,15H,4-6,10,19H2,1-3H3,(H2,21,22,24). The summed E-state index contributed by atoms with van der Waals surface area (Å²) in [5.74, 6) is 0. The van der Waals surface area contributed by atoms with E-state index in [2.05, 4.69) is 35.6 Å². The highest BCUT2D eigenvalue weighted by Crippen LogP contribution is 2.17. The van der Waals surface area contributed by atoms with Gasteiger partial charge in [0.05, 0.1) is 23.8 Å². The van der Waals surface area contributed by atoms with Crippen molar-refractivity contribution in [3.8, 4) is 5.69 Å². The summed E-state index contributed by atoms with van der Waals surface area (Å²) in [7, 11) is 0. The summed E-state index contributed by atoms with van der Waals surface area (Å²) < 4.78 is 1.77. The third-order valence-corrected chi connectivity index (χ3v) is 3.97. The summed E-state index contributed by atoms with van der Waals surface area (Å²) in [6.45, 7) is 6.66. The third kappa shape index (κ3) is 4.83. The van der Waals surface area contributed by atoms with Gasteiger partial charge in [0.25, 0.3) is 0 Å². The van der Waals surface area contributed by atoms with E-state index in [1.54, 1.807) is 17.1 Å². The average molecular weight is 329 g/mol. The van der Waals surface area contributed by atoms with Gasteiger partial charge in [0.2, 0.25) is 0 Å². The molecule has 1 atom stereocenters. The fourth-order valence-electron chi connectivity index (χ4n) is 2.63. The van der Waals surface area contributed by atoms with E-state index in [0.717, 1.165) is 30.5 Å². The number of amides is 2. The second kappa shape index (κ2) is 8.49. The summed E-state index contributed by atoms with van der Waals surface area (Å²) in [5.41, 5.74) is 9.70. The lowest BCUT2D eigenvalue weighted by Crippen LogP contribution is -2.42. The molecule has 1 heterocycles. The lowest BCUT2D eigenvalue weighted by atomic mass is 10.1. The number of hydrogen-bond acceptors (Lipinski definition) is 3. The van der Waals surface area contributed by atoms with Crippen molar-refractivity contribution < 1.29 is 4.79 Å². The molecule has 2 rings (SSSR count). The van der Waals surface area contributed by atoms with E-state index in [1.165, 1.54) is 5.56 Å². The van der Waals surface area contributed by atoms with Crippen LogP contribution in [0.5, 0.6) is 0 Å². The number of aromatic nitrogens is 2. The van der Waals surface area contributed by atoms with Crippen LogP contribution >= 0.6 is 0 Å². The van der Waals surface area contributed by atoms with Crippen molar-refractivity contribution in [2.75, 3.05) is 11.9 Å². The lowest BCUT2D eigenvalue weighted by molar-refractivity contribution is 0.247. The number of carbonyl (C=O) groups is 1. The first-order valence-corrected chi connectivity index (χ1v) is 8.43. The molecule has 0 bridgehead atoms. The molecule has 1 unspecified atom stereocenters. The van der Waals surface area contributed by atoms with Crippen LogP contribution in [0.25, 0.3) is 5.69 Å². The molecule has 130 valence electrons. The summed E-state index contributed by atoms with van der Waals surface area (Å²) >= 11 is 0. The Morgan fingerprint density at radius 2 is 2.17 bits per heavy atom. The number of anilines is 1. The Morgan fingerprint density at radius 1 is 1.38 bits per heavy atom. The first-order chi connectivity index (χ1) is 11.5. The highest BCUT2D eigenvalue weighted by atomic mass is 16.2. The molecule has 0 aliphatic carbocycles. The third-order valence-electron chi connectivity index (χ3n) is 3.97. The molecule has 4 N–H and O–H groups in total. The number of nitrogens with one attached hydrogen (secondary N) is 2. The molecule has 24 heavy (non-hydrogen) atoms. The van der Waals surface area contributed by atoms with Crippen LogP contribution < -0.4 is 16.4 Å². The lowest BCUT2D eigenvalue weighted by Gasteiger charge is -2.16. The maximum atomic E-state index is 12.1. The van der Waals surface area contributed by atoms with Gasteiger partial charge in [0.1, 0.15) is 0 Å². The maximum Gasteiger partial charge on any atom is 0.319 e. The van der Waals surface area contributed by atoms with Crippen LogP contribution in [0.2, 0.25) is 0 Å². The number of unbranched alkanes of at least 4 members (excludes halogenated alkanes) is 1. The number of nitrogens with zero attached hydrogens (tertiary/aromatic N) is 2. The Kier molecular flexibility index (Phi) is 6.37. The molecule has 0 aliphatic heterocycles. The molecule has 0 aliphatic rings. The summed E-state index contributed by atoms with van der Waals surface area (Å²) in [5, 5.41) is 10.0. The fraction of sp³-hybridized carbons (Fsp3) is 0.444. The van der Waals surface area contributed by atoms with Crippen molar-refractivity contribution in [2.24, 2.45) is 5.73 Å². The molecule has 0 saturated carbocycles. The highest BCUT2D eigenvalue weighted by Gasteiger charge is 2.11. The van der Waals surface area contributed by atoms with Gasteiger partial charge in [-0.3, -0.25) is 0 Å². The van der Waals surface area contributed by atoms with Crippen molar-refractivity contribution in [1.29, 1.82) is 0 Å². The SMILES string of the molecule is CCCCC(CN)NC(=O)Nc1cnn(-c2ccc(C)cc2C)c1. The summed E-state index contributed by atoms with van der Waals surface area (Å²) in [4.78, 5) is 12.1. The molecule has 6 heteroatoms. The Bertz CT molecular complexity index is 680.